The number of H-pyrrole nitrogens is 1. The van der Waals surface area contributed by atoms with Gasteiger partial charge in [-0.2, -0.15) is 0 Å². The number of nitrogens with one attached hydrogen (secondary N) is 1. The highest BCUT2D eigenvalue weighted by Crippen LogP contribution is 2.13. The third-order valence-corrected chi connectivity index (χ3v) is 3.01. The van der Waals surface area contributed by atoms with Crippen LogP contribution < -0.4 is 14.5 Å². The van der Waals surface area contributed by atoms with Crippen molar-refractivity contribution in [3.05, 3.63) is 10.5 Å². The van der Waals surface area contributed by atoms with Crippen LogP contribution in [0.25, 0.3) is 0 Å². The van der Waals surface area contributed by atoms with Gasteiger partial charge in [0.25, 0.3) is 6.01 Å². The second kappa shape index (κ2) is 4.61. The zero-order valence-electron chi connectivity index (χ0n) is 11.1. The van der Waals surface area contributed by atoms with Crippen molar-refractivity contribution in [3.63, 3.8) is 0 Å². The fourth-order valence-corrected chi connectivity index (χ4v) is 2.32. The summed E-state index contributed by atoms with van der Waals surface area (Å²) in [5.41, 5.74) is -0.499. The minimum Gasteiger partial charge on any atom is -0.519 e. The average Bonchev–Trinajstić information content (AvgIpc) is 1.93. The van der Waals surface area contributed by atoms with Crippen molar-refractivity contribution in [1.82, 2.24) is 15.0 Å². The Morgan fingerprint density at radius 3 is 1.94 bits per heavy atom. The SMILES string of the molecule is C[Si](C)(C)Oc1nc(O[Si](C)(C)C)[nH]c(=O)n1. The molecule has 1 aromatic heterocycles. The molecule has 0 saturated carbocycles. The van der Waals surface area contributed by atoms with Crippen LogP contribution in [-0.2, 0) is 0 Å². The summed E-state index contributed by atoms with van der Waals surface area (Å²) in [5, 5.41) is 0. The van der Waals surface area contributed by atoms with Gasteiger partial charge in [0.05, 0.1) is 0 Å². The lowest BCUT2D eigenvalue weighted by Crippen LogP contribution is -2.34. The quantitative estimate of drug-likeness (QED) is 0.843. The van der Waals surface area contributed by atoms with Gasteiger partial charge in [-0.1, -0.05) is 0 Å². The van der Waals surface area contributed by atoms with Gasteiger partial charge in [-0.15, -0.1) is 9.97 Å². The monoisotopic (exact) mass is 273 g/mol. The number of rotatable bonds is 4. The lowest BCUT2D eigenvalue weighted by Gasteiger charge is -2.19. The first kappa shape index (κ1) is 13.9. The van der Waals surface area contributed by atoms with Gasteiger partial charge < -0.3 is 8.85 Å². The third kappa shape index (κ3) is 5.64. The van der Waals surface area contributed by atoms with Crippen LogP contribution in [0.1, 0.15) is 0 Å². The molecule has 0 saturated heterocycles. The first-order chi connectivity index (χ1) is 7.55. The van der Waals surface area contributed by atoms with Gasteiger partial charge in [0.1, 0.15) is 0 Å². The summed E-state index contributed by atoms with van der Waals surface area (Å²) >= 11 is 0. The summed E-state index contributed by atoms with van der Waals surface area (Å²) < 4.78 is 11.2. The second-order valence-corrected chi connectivity index (χ2v) is 14.5. The molecule has 8 heteroatoms. The lowest BCUT2D eigenvalue weighted by atomic mass is 11.0. The lowest BCUT2D eigenvalue weighted by molar-refractivity contribution is 0.454. The highest BCUT2D eigenvalue weighted by atomic mass is 28.4. The first-order valence-electron chi connectivity index (χ1n) is 5.42. The van der Waals surface area contributed by atoms with Gasteiger partial charge in [0.2, 0.25) is 16.6 Å². The van der Waals surface area contributed by atoms with E-state index in [1.165, 1.54) is 0 Å². The molecular weight excluding hydrogens is 254 g/mol. The molecule has 0 bridgehead atoms. The van der Waals surface area contributed by atoms with E-state index >= 15 is 0 Å². The van der Waals surface area contributed by atoms with Crippen LogP contribution in [0.4, 0.5) is 0 Å². The van der Waals surface area contributed by atoms with E-state index in [0.29, 0.717) is 0 Å². The minimum atomic E-state index is -1.82. The molecule has 0 aliphatic rings. The molecule has 0 atom stereocenters. The number of nitrogens with zero attached hydrogens (tertiary/aromatic N) is 2. The Morgan fingerprint density at radius 2 is 1.47 bits per heavy atom. The molecule has 0 amide bonds. The number of hydrogen-bond acceptors (Lipinski definition) is 5. The summed E-state index contributed by atoms with van der Waals surface area (Å²) in [6.07, 6.45) is 0. The molecule has 6 nitrogen and oxygen atoms in total. The Hall–Kier alpha value is -1.16. The van der Waals surface area contributed by atoms with Crippen molar-refractivity contribution in [2.75, 3.05) is 0 Å². The Bertz CT molecular complexity index is 411. The van der Waals surface area contributed by atoms with Crippen LogP contribution in [0.15, 0.2) is 4.79 Å². The fourth-order valence-electron chi connectivity index (χ4n) is 1.00. The molecule has 0 aliphatic heterocycles. The fraction of sp³-hybridized carbons (Fsp3) is 0.667. The van der Waals surface area contributed by atoms with Crippen LogP contribution in [-0.4, -0.2) is 31.6 Å². The van der Waals surface area contributed by atoms with Gasteiger partial charge in [-0.3, -0.25) is 4.98 Å². The van der Waals surface area contributed by atoms with Gasteiger partial charge >= 0.3 is 11.7 Å². The summed E-state index contributed by atoms with van der Waals surface area (Å²) in [6, 6.07) is 0.290. The maximum absolute atomic E-state index is 11.3. The van der Waals surface area contributed by atoms with E-state index in [9.17, 15) is 4.79 Å². The zero-order valence-corrected chi connectivity index (χ0v) is 13.1. The summed E-state index contributed by atoms with van der Waals surface area (Å²) in [7, 11) is -3.63. The highest BCUT2D eigenvalue weighted by Gasteiger charge is 2.21. The van der Waals surface area contributed by atoms with E-state index in [4.69, 9.17) is 8.85 Å². The molecule has 0 aliphatic carbocycles. The van der Waals surface area contributed by atoms with Crippen molar-refractivity contribution < 1.29 is 8.85 Å². The standard InChI is InChI=1S/C9H19N3O3Si2/c1-16(2,3)14-8-10-7(13)11-9(12-8)15-17(4,5)6/h1-6H3,(H,10,11,12,13). The molecule has 1 N–H and O–H groups in total. The Labute approximate surface area is 103 Å². The van der Waals surface area contributed by atoms with E-state index in [1.807, 2.05) is 39.3 Å². The van der Waals surface area contributed by atoms with Crippen molar-refractivity contribution in [2.45, 2.75) is 39.3 Å². The molecule has 1 heterocycles. The first-order valence-corrected chi connectivity index (χ1v) is 12.2. The molecule has 1 aromatic rings. The molecule has 17 heavy (non-hydrogen) atoms. The molecular formula is C9H19N3O3Si2. The van der Waals surface area contributed by atoms with E-state index in [1.54, 1.807) is 0 Å². The van der Waals surface area contributed by atoms with Gasteiger partial charge in [-0.05, 0) is 39.3 Å². The van der Waals surface area contributed by atoms with Gasteiger partial charge in [-0.25, -0.2) is 4.79 Å². The van der Waals surface area contributed by atoms with E-state index in [-0.39, 0.29) is 12.0 Å². The van der Waals surface area contributed by atoms with Crippen LogP contribution in [0.3, 0.4) is 0 Å². The molecule has 96 valence electrons. The Morgan fingerprint density at radius 1 is 0.941 bits per heavy atom. The van der Waals surface area contributed by atoms with Crippen LogP contribution in [0.5, 0.6) is 12.0 Å². The molecule has 0 radical (unpaired) electrons. The molecule has 0 spiro atoms. The van der Waals surface area contributed by atoms with Gasteiger partial charge in [0, 0.05) is 0 Å². The summed E-state index contributed by atoms with van der Waals surface area (Å²) in [5.74, 6) is 0. The zero-order chi connectivity index (χ0) is 13.3. The van der Waals surface area contributed by atoms with E-state index in [0.717, 1.165) is 0 Å². The normalized spacial score (nSPS) is 12.4. The average molecular weight is 273 g/mol. The highest BCUT2D eigenvalue weighted by molar-refractivity contribution is 6.70. The second-order valence-electron chi connectivity index (χ2n) is 5.67. The van der Waals surface area contributed by atoms with Gasteiger partial charge in [0.15, 0.2) is 0 Å². The topological polar surface area (TPSA) is 77.1 Å². The van der Waals surface area contributed by atoms with E-state index in [2.05, 4.69) is 15.0 Å². The Kier molecular flexibility index (Phi) is 3.77. The predicted octanol–water partition coefficient (Wildman–Crippen LogP) is 1.59. The van der Waals surface area contributed by atoms with E-state index < -0.39 is 22.3 Å². The summed E-state index contributed by atoms with van der Waals surface area (Å²) in [6.45, 7) is 12.0. The third-order valence-electron chi connectivity index (χ3n) is 1.41. The van der Waals surface area contributed by atoms with Crippen LogP contribution in [0, 0.1) is 0 Å². The molecule has 1 rings (SSSR count). The number of aromatic amines is 1. The predicted molar refractivity (Wildman–Crippen MR) is 70.6 cm³/mol. The molecule has 0 unspecified atom stereocenters. The minimum absolute atomic E-state index is 0.0983. The van der Waals surface area contributed by atoms with Crippen LogP contribution >= 0.6 is 0 Å². The molecule has 0 aromatic carbocycles. The van der Waals surface area contributed by atoms with Crippen molar-refractivity contribution in [3.8, 4) is 12.0 Å². The number of aromatic nitrogens is 3. The number of hydrogen-bond donors (Lipinski definition) is 1. The maximum atomic E-state index is 11.3. The molecule has 0 fully saturated rings. The Balaban J connectivity index is 2.99. The van der Waals surface area contributed by atoms with Crippen molar-refractivity contribution in [2.24, 2.45) is 0 Å². The summed E-state index contributed by atoms with van der Waals surface area (Å²) in [4.78, 5) is 21.5. The van der Waals surface area contributed by atoms with Crippen molar-refractivity contribution in [1.29, 1.82) is 0 Å². The van der Waals surface area contributed by atoms with Crippen LogP contribution in [0.2, 0.25) is 39.3 Å². The maximum Gasteiger partial charge on any atom is 0.353 e. The largest absolute Gasteiger partial charge is 0.519 e. The smallest absolute Gasteiger partial charge is 0.353 e. The van der Waals surface area contributed by atoms with Crippen molar-refractivity contribution >= 4 is 16.6 Å².